The summed E-state index contributed by atoms with van der Waals surface area (Å²) in [6, 6.07) is 9.26. The van der Waals surface area contributed by atoms with Crippen LogP contribution in [0.3, 0.4) is 0 Å². The number of rotatable bonds is 3. The highest BCUT2D eigenvalue weighted by Crippen LogP contribution is 2.45. The average Bonchev–Trinajstić information content (AvgIpc) is 3.14. The minimum absolute atomic E-state index is 0.0000529. The lowest BCUT2D eigenvalue weighted by Crippen LogP contribution is -2.39. The first-order valence-corrected chi connectivity index (χ1v) is 8.66. The summed E-state index contributed by atoms with van der Waals surface area (Å²) in [7, 11) is 0. The van der Waals surface area contributed by atoms with E-state index in [9.17, 15) is 24.9 Å². The number of benzene rings is 1. The number of aliphatic hydroxyl groups excluding tert-OH is 3. The lowest BCUT2D eigenvalue weighted by Gasteiger charge is -2.20. The quantitative estimate of drug-likeness (QED) is 0.561. The molecule has 0 bridgehead atoms. The Balaban J connectivity index is 1.82. The fourth-order valence-electron chi connectivity index (χ4n) is 3.76. The Morgan fingerprint density at radius 1 is 1.15 bits per heavy atom. The van der Waals surface area contributed by atoms with E-state index in [1.54, 1.807) is 0 Å². The molecule has 0 radical (unpaired) electrons. The second-order valence-electron chi connectivity index (χ2n) is 6.81. The molecule has 1 aromatic carbocycles. The second kappa shape index (κ2) is 6.61. The molecule has 1 fully saturated rings. The topological polar surface area (TPSA) is 134 Å². The van der Waals surface area contributed by atoms with Crippen molar-refractivity contribution in [3.05, 3.63) is 62.3 Å². The van der Waals surface area contributed by atoms with E-state index in [-0.39, 0.29) is 17.4 Å². The first kappa shape index (κ1) is 17.9. The normalized spacial score (nSPS) is 32.3. The standard InChI is InChI=1S/C18H20N2O7/c1-8-11-15(24)19-18(25)20(17-13(23)12(22)10(7-21)26-17)16(11)27-14(8)9-5-3-2-4-6-9/h2-6,8,10,12-14,17,21-23H,7H2,1H3,(H,19,24,25). The summed E-state index contributed by atoms with van der Waals surface area (Å²) in [5.74, 6) is -0.352. The molecule has 1 aromatic heterocycles. The van der Waals surface area contributed by atoms with Gasteiger partial charge in [-0.15, -0.1) is 0 Å². The Bertz CT molecular complexity index is 954. The van der Waals surface area contributed by atoms with Gasteiger partial charge in [0.05, 0.1) is 12.2 Å². The van der Waals surface area contributed by atoms with Gasteiger partial charge < -0.3 is 24.8 Å². The highest BCUT2D eigenvalue weighted by Gasteiger charge is 2.47. The molecular formula is C18H20N2O7. The molecule has 2 aromatic rings. The molecule has 0 saturated carbocycles. The number of aromatic amines is 1. The van der Waals surface area contributed by atoms with Gasteiger partial charge in [0.2, 0.25) is 5.88 Å². The lowest BCUT2D eigenvalue weighted by atomic mass is 9.94. The van der Waals surface area contributed by atoms with Crippen molar-refractivity contribution in [3.8, 4) is 5.88 Å². The highest BCUT2D eigenvalue weighted by atomic mass is 16.6. The molecule has 9 nitrogen and oxygen atoms in total. The van der Waals surface area contributed by atoms with Crippen LogP contribution in [0.1, 0.15) is 36.3 Å². The zero-order valence-electron chi connectivity index (χ0n) is 14.5. The lowest BCUT2D eigenvalue weighted by molar-refractivity contribution is -0.0587. The monoisotopic (exact) mass is 376 g/mol. The van der Waals surface area contributed by atoms with Gasteiger partial charge in [0, 0.05) is 5.92 Å². The molecule has 9 heteroatoms. The molecule has 27 heavy (non-hydrogen) atoms. The summed E-state index contributed by atoms with van der Waals surface area (Å²) in [6.45, 7) is 1.28. The van der Waals surface area contributed by atoms with E-state index < -0.39 is 48.5 Å². The van der Waals surface area contributed by atoms with Gasteiger partial charge in [-0.1, -0.05) is 37.3 Å². The van der Waals surface area contributed by atoms with E-state index in [1.165, 1.54) is 0 Å². The Hall–Kier alpha value is -2.46. The number of hydrogen-bond donors (Lipinski definition) is 4. The smallest absolute Gasteiger partial charge is 0.333 e. The zero-order chi connectivity index (χ0) is 19.3. The van der Waals surface area contributed by atoms with Gasteiger partial charge in [-0.05, 0) is 5.56 Å². The first-order valence-electron chi connectivity index (χ1n) is 8.66. The third-order valence-electron chi connectivity index (χ3n) is 5.18. The van der Waals surface area contributed by atoms with Gasteiger partial charge >= 0.3 is 5.69 Å². The Morgan fingerprint density at radius 3 is 2.48 bits per heavy atom. The van der Waals surface area contributed by atoms with Crippen LogP contribution in [-0.4, -0.2) is 49.8 Å². The molecule has 6 atom stereocenters. The maximum absolute atomic E-state index is 12.5. The largest absolute Gasteiger partial charge is 0.469 e. The second-order valence-corrected chi connectivity index (χ2v) is 6.81. The molecule has 1 saturated heterocycles. The van der Waals surface area contributed by atoms with Crippen LogP contribution < -0.4 is 16.0 Å². The van der Waals surface area contributed by atoms with Crippen molar-refractivity contribution in [2.24, 2.45) is 0 Å². The predicted octanol–water partition coefficient (Wildman–Crippen LogP) is -0.615. The van der Waals surface area contributed by atoms with Gasteiger partial charge in [-0.25, -0.2) is 9.36 Å². The van der Waals surface area contributed by atoms with Gasteiger partial charge in [0.1, 0.15) is 24.4 Å². The number of hydrogen-bond acceptors (Lipinski definition) is 7. The molecule has 4 rings (SSSR count). The van der Waals surface area contributed by atoms with Crippen molar-refractivity contribution < 1.29 is 24.8 Å². The Labute approximate surface area is 153 Å². The van der Waals surface area contributed by atoms with Crippen LogP contribution in [0.15, 0.2) is 39.9 Å². The maximum atomic E-state index is 12.5. The molecular weight excluding hydrogens is 356 g/mol. The number of nitrogens with zero attached hydrogens (tertiary/aromatic N) is 1. The maximum Gasteiger partial charge on any atom is 0.333 e. The van der Waals surface area contributed by atoms with E-state index in [0.717, 1.165) is 10.1 Å². The third-order valence-corrected chi connectivity index (χ3v) is 5.18. The molecule has 0 spiro atoms. The molecule has 2 aliphatic rings. The third kappa shape index (κ3) is 2.71. The molecule has 144 valence electrons. The minimum atomic E-state index is -1.47. The van der Waals surface area contributed by atoms with Gasteiger partial charge in [0.25, 0.3) is 5.56 Å². The van der Waals surface area contributed by atoms with Crippen LogP contribution in [0.25, 0.3) is 0 Å². The summed E-state index contributed by atoms with van der Waals surface area (Å²) >= 11 is 0. The molecule has 2 aliphatic heterocycles. The van der Waals surface area contributed by atoms with Crippen molar-refractivity contribution in [1.29, 1.82) is 0 Å². The summed E-state index contributed by atoms with van der Waals surface area (Å²) in [5, 5.41) is 29.6. The van der Waals surface area contributed by atoms with Crippen LogP contribution >= 0.6 is 0 Å². The Kier molecular flexibility index (Phi) is 4.39. The molecule has 0 amide bonds. The number of ether oxygens (including phenoxy) is 2. The average molecular weight is 376 g/mol. The van der Waals surface area contributed by atoms with Crippen LogP contribution in [0.2, 0.25) is 0 Å². The van der Waals surface area contributed by atoms with Crippen molar-refractivity contribution in [2.75, 3.05) is 6.61 Å². The van der Waals surface area contributed by atoms with E-state index >= 15 is 0 Å². The number of fused-ring (bicyclic) bond motifs is 1. The zero-order valence-corrected chi connectivity index (χ0v) is 14.5. The SMILES string of the molecule is CC1c2c(n(C3OC(CO)C(O)C3O)c(=O)[nH]c2=O)OC1c1ccccc1. The fourth-order valence-corrected chi connectivity index (χ4v) is 3.76. The van der Waals surface area contributed by atoms with Crippen molar-refractivity contribution >= 4 is 0 Å². The van der Waals surface area contributed by atoms with Crippen LogP contribution in [0.4, 0.5) is 0 Å². The first-order chi connectivity index (χ1) is 12.9. The van der Waals surface area contributed by atoms with Gasteiger partial charge in [-0.2, -0.15) is 0 Å². The van der Waals surface area contributed by atoms with Crippen molar-refractivity contribution in [3.63, 3.8) is 0 Å². The minimum Gasteiger partial charge on any atom is -0.469 e. The van der Waals surface area contributed by atoms with Crippen LogP contribution in [0.5, 0.6) is 5.88 Å². The van der Waals surface area contributed by atoms with Crippen molar-refractivity contribution in [2.45, 2.75) is 43.5 Å². The van der Waals surface area contributed by atoms with E-state index in [2.05, 4.69) is 4.98 Å². The molecule has 0 aliphatic carbocycles. The number of aliphatic hydroxyl groups is 3. The van der Waals surface area contributed by atoms with Gasteiger partial charge in [-0.3, -0.25) is 9.78 Å². The van der Waals surface area contributed by atoms with Crippen molar-refractivity contribution in [1.82, 2.24) is 9.55 Å². The molecule has 3 heterocycles. The summed E-state index contributed by atoms with van der Waals surface area (Å²) in [6.07, 6.45) is -5.68. The van der Waals surface area contributed by atoms with E-state index in [1.807, 2.05) is 37.3 Å². The number of H-pyrrole nitrogens is 1. The number of nitrogens with one attached hydrogen (secondary N) is 1. The predicted molar refractivity (Wildman–Crippen MR) is 92.6 cm³/mol. The van der Waals surface area contributed by atoms with Gasteiger partial charge in [0.15, 0.2) is 6.23 Å². The molecule has 6 unspecified atom stereocenters. The molecule has 4 N–H and O–H groups in total. The van der Waals surface area contributed by atoms with Crippen LogP contribution in [-0.2, 0) is 4.74 Å². The summed E-state index contributed by atoms with van der Waals surface area (Å²) in [5.41, 5.74) is -0.291. The Morgan fingerprint density at radius 2 is 1.85 bits per heavy atom. The number of aromatic nitrogens is 2. The fraction of sp³-hybridized carbons (Fsp3) is 0.444. The summed E-state index contributed by atoms with van der Waals surface area (Å²) < 4.78 is 12.4. The summed E-state index contributed by atoms with van der Waals surface area (Å²) in [4.78, 5) is 27.1. The van der Waals surface area contributed by atoms with Crippen LogP contribution in [0, 0.1) is 0 Å². The highest BCUT2D eigenvalue weighted by molar-refractivity contribution is 5.38. The van der Waals surface area contributed by atoms with E-state index in [0.29, 0.717) is 0 Å². The van der Waals surface area contributed by atoms with E-state index in [4.69, 9.17) is 9.47 Å².